The van der Waals surface area contributed by atoms with Gasteiger partial charge in [-0.3, -0.25) is 0 Å². The molecule has 0 aromatic rings. The van der Waals surface area contributed by atoms with E-state index in [1.165, 1.54) is 38.5 Å². The standard InChI is InChI=1S/C28H46O/c1-18(2)19(3)7-8-20(4)24-11-12-25-23-10-9-21-17-22(29)13-15-27(21,5)26(23)14-16-28(24,25)6/h7-9,18-20,22-26,29H,10-17H2,1-6H3/b8-7+/t19?,20?,22?,23?,24?,25?,26-,27?,28?/m0/s1. The highest BCUT2D eigenvalue weighted by Gasteiger charge is 2.58. The van der Waals surface area contributed by atoms with Crippen molar-refractivity contribution in [2.75, 3.05) is 0 Å². The van der Waals surface area contributed by atoms with E-state index in [1.807, 2.05) is 0 Å². The molecule has 4 rings (SSSR count). The second kappa shape index (κ2) is 7.85. The van der Waals surface area contributed by atoms with Crippen molar-refractivity contribution in [1.82, 2.24) is 0 Å². The maximum atomic E-state index is 10.2. The number of allylic oxidation sites excluding steroid dienone is 3. The largest absolute Gasteiger partial charge is 0.393 e. The third-order valence-electron chi connectivity index (χ3n) is 10.6. The maximum absolute atomic E-state index is 10.2. The van der Waals surface area contributed by atoms with E-state index in [2.05, 4.69) is 59.8 Å². The Morgan fingerprint density at radius 2 is 1.72 bits per heavy atom. The summed E-state index contributed by atoms with van der Waals surface area (Å²) < 4.78 is 0. The van der Waals surface area contributed by atoms with Gasteiger partial charge < -0.3 is 5.11 Å². The van der Waals surface area contributed by atoms with Gasteiger partial charge in [-0.05, 0) is 104 Å². The molecule has 1 nitrogen and oxygen atoms in total. The Morgan fingerprint density at radius 1 is 0.966 bits per heavy atom. The van der Waals surface area contributed by atoms with Gasteiger partial charge in [0.05, 0.1) is 6.10 Å². The van der Waals surface area contributed by atoms with E-state index < -0.39 is 0 Å². The van der Waals surface area contributed by atoms with Crippen LogP contribution in [0.15, 0.2) is 23.8 Å². The van der Waals surface area contributed by atoms with Crippen LogP contribution in [0.2, 0.25) is 0 Å². The molecule has 8 unspecified atom stereocenters. The summed E-state index contributed by atoms with van der Waals surface area (Å²) in [5.41, 5.74) is 2.51. The quantitative estimate of drug-likeness (QED) is 0.489. The number of hydrogen-bond donors (Lipinski definition) is 1. The summed E-state index contributed by atoms with van der Waals surface area (Å²) in [4.78, 5) is 0. The van der Waals surface area contributed by atoms with Gasteiger partial charge in [-0.15, -0.1) is 0 Å². The molecule has 0 radical (unpaired) electrons. The van der Waals surface area contributed by atoms with Crippen LogP contribution >= 0.6 is 0 Å². The van der Waals surface area contributed by atoms with Crippen LogP contribution in [0.3, 0.4) is 0 Å². The maximum Gasteiger partial charge on any atom is 0.0577 e. The topological polar surface area (TPSA) is 20.2 Å². The Kier molecular flexibility index (Phi) is 5.86. The highest BCUT2D eigenvalue weighted by Crippen LogP contribution is 2.67. The third-order valence-corrected chi connectivity index (χ3v) is 10.6. The van der Waals surface area contributed by atoms with E-state index in [9.17, 15) is 5.11 Å². The molecule has 1 heteroatoms. The molecule has 0 amide bonds. The smallest absolute Gasteiger partial charge is 0.0577 e. The molecule has 29 heavy (non-hydrogen) atoms. The van der Waals surface area contributed by atoms with Crippen LogP contribution in [0.25, 0.3) is 0 Å². The van der Waals surface area contributed by atoms with Crippen molar-refractivity contribution in [1.29, 1.82) is 0 Å². The first-order valence-electron chi connectivity index (χ1n) is 12.7. The molecule has 1 N–H and O–H groups in total. The molecule has 3 fully saturated rings. The molecule has 4 aliphatic rings. The van der Waals surface area contributed by atoms with Crippen LogP contribution < -0.4 is 0 Å². The summed E-state index contributed by atoms with van der Waals surface area (Å²) >= 11 is 0. The van der Waals surface area contributed by atoms with Crippen LogP contribution in [0, 0.1) is 52.3 Å². The van der Waals surface area contributed by atoms with Gasteiger partial charge in [0.25, 0.3) is 0 Å². The summed E-state index contributed by atoms with van der Waals surface area (Å²) in [6.07, 6.45) is 17.7. The Balaban J connectivity index is 1.53. The first-order valence-corrected chi connectivity index (χ1v) is 12.7. The van der Waals surface area contributed by atoms with E-state index in [0.717, 1.165) is 42.4 Å². The zero-order valence-electron chi connectivity index (χ0n) is 20.0. The summed E-state index contributed by atoms with van der Waals surface area (Å²) in [5, 5.41) is 10.2. The minimum Gasteiger partial charge on any atom is -0.393 e. The SMILES string of the molecule is CC(C)C(C)/C=C/C(C)C1CCC2C3CC=C4CC(O)CCC4(C)[C@H]3CCC12C. The van der Waals surface area contributed by atoms with Gasteiger partial charge in [0, 0.05) is 0 Å². The van der Waals surface area contributed by atoms with Gasteiger partial charge in [-0.1, -0.05) is 65.3 Å². The Morgan fingerprint density at radius 3 is 2.45 bits per heavy atom. The fraction of sp³-hybridized carbons (Fsp3) is 0.857. The summed E-state index contributed by atoms with van der Waals surface area (Å²) in [6.45, 7) is 14.7. The minimum absolute atomic E-state index is 0.0866. The van der Waals surface area contributed by atoms with Crippen molar-refractivity contribution in [3.05, 3.63) is 23.8 Å². The van der Waals surface area contributed by atoms with Crippen LogP contribution in [0.5, 0.6) is 0 Å². The van der Waals surface area contributed by atoms with Crippen molar-refractivity contribution in [3.8, 4) is 0 Å². The highest BCUT2D eigenvalue weighted by atomic mass is 16.3. The van der Waals surface area contributed by atoms with Gasteiger partial charge in [-0.2, -0.15) is 0 Å². The van der Waals surface area contributed by atoms with Crippen molar-refractivity contribution >= 4 is 0 Å². The Hall–Kier alpha value is -0.560. The first-order chi connectivity index (χ1) is 13.7. The molecule has 0 spiro atoms. The Bertz CT molecular complexity index is 659. The van der Waals surface area contributed by atoms with E-state index in [4.69, 9.17) is 0 Å². The second-order valence-electron chi connectivity index (χ2n) is 12.2. The van der Waals surface area contributed by atoms with Crippen molar-refractivity contribution in [2.45, 2.75) is 99.0 Å². The summed E-state index contributed by atoms with van der Waals surface area (Å²) in [5.74, 6) is 5.63. The summed E-state index contributed by atoms with van der Waals surface area (Å²) in [6, 6.07) is 0. The minimum atomic E-state index is -0.0866. The molecule has 0 saturated heterocycles. The first kappa shape index (κ1) is 21.7. The lowest BCUT2D eigenvalue weighted by atomic mass is 9.47. The van der Waals surface area contributed by atoms with Gasteiger partial charge in [0.2, 0.25) is 0 Å². The van der Waals surface area contributed by atoms with Crippen molar-refractivity contribution in [3.63, 3.8) is 0 Å². The molecule has 0 heterocycles. The molecular weight excluding hydrogens is 352 g/mol. The zero-order chi connectivity index (χ0) is 21.0. The monoisotopic (exact) mass is 398 g/mol. The lowest BCUT2D eigenvalue weighted by molar-refractivity contribution is -0.0540. The average Bonchev–Trinajstić information content (AvgIpc) is 3.03. The van der Waals surface area contributed by atoms with Crippen LogP contribution in [-0.2, 0) is 0 Å². The van der Waals surface area contributed by atoms with Crippen LogP contribution in [-0.4, -0.2) is 11.2 Å². The predicted octanol–water partition coefficient (Wildman–Crippen LogP) is 7.41. The molecule has 164 valence electrons. The average molecular weight is 399 g/mol. The lowest BCUT2D eigenvalue weighted by Crippen LogP contribution is -2.50. The Labute approximate surface area is 180 Å². The normalized spacial score (nSPS) is 46.8. The molecular formula is C28H46O. The van der Waals surface area contributed by atoms with Crippen LogP contribution in [0.1, 0.15) is 92.9 Å². The zero-order valence-corrected chi connectivity index (χ0v) is 20.0. The lowest BCUT2D eigenvalue weighted by Gasteiger charge is -2.58. The second-order valence-corrected chi connectivity index (χ2v) is 12.2. The molecule has 3 saturated carbocycles. The molecule has 0 bridgehead atoms. The van der Waals surface area contributed by atoms with E-state index in [1.54, 1.807) is 5.57 Å². The summed E-state index contributed by atoms with van der Waals surface area (Å²) in [7, 11) is 0. The molecule has 0 aromatic carbocycles. The van der Waals surface area contributed by atoms with Crippen molar-refractivity contribution < 1.29 is 5.11 Å². The van der Waals surface area contributed by atoms with Gasteiger partial charge in [0.15, 0.2) is 0 Å². The number of rotatable bonds is 4. The van der Waals surface area contributed by atoms with Crippen molar-refractivity contribution in [2.24, 2.45) is 52.3 Å². The molecule has 9 atom stereocenters. The fourth-order valence-electron chi connectivity index (χ4n) is 8.25. The predicted molar refractivity (Wildman–Crippen MR) is 124 cm³/mol. The number of hydrogen-bond acceptors (Lipinski definition) is 1. The molecule has 4 aliphatic carbocycles. The number of aliphatic hydroxyl groups excluding tert-OH is 1. The van der Waals surface area contributed by atoms with Gasteiger partial charge in [-0.25, -0.2) is 0 Å². The number of aliphatic hydroxyl groups is 1. The van der Waals surface area contributed by atoms with Gasteiger partial charge in [0.1, 0.15) is 0 Å². The number of fused-ring (bicyclic) bond motifs is 5. The third kappa shape index (κ3) is 3.58. The van der Waals surface area contributed by atoms with E-state index in [0.29, 0.717) is 22.7 Å². The van der Waals surface area contributed by atoms with Crippen LogP contribution in [0.4, 0.5) is 0 Å². The molecule has 0 aromatic heterocycles. The van der Waals surface area contributed by atoms with E-state index in [-0.39, 0.29) is 6.10 Å². The fourth-order valence-corrected chi connectivity index (χ4v) is 8.25. The van der Waals surface area contributed by atoms with Gasteiger partial charge >= 0.3 is 0 Å². The molecule has 0 aliphatic heterocycles. The van der Waals surface area contributed by atoms with E-state index >= 15 is 0 Å². The highest BCUT2D eigenvalue weighted by molar-refractivity contribution is 5.25.